The summed E-state index contributed by atoms with van der Waals surface area (Å²) in [5.41, 5.74) is 0. The van der Waals surface area contributed by atoms with Gasteiger partial charge in [0.15, 0.2) is 0 Å². The van der Waals surface area contributed by atoms with E-state index >= 15 is 0 Å². The number of hydrogen-bond acceptors (Lipinski definition) is 0. The topological polar surface area (TPSA) is 0 Å². The third-order valence-corrected chi connectivity index (χ3v) is 2.24. The lowest BCUT2D eigenvalue weighted by atomic mass is 10.2. The summed E-state index contributed by atoms with van der Waals surface area (Å²) in [6, 6.07) is 0. The van der Waals surface area contributed by atoms with Crippen molar-refractivity contribution in [3.05, 3.63) is 36.5 Å². The molecule has 1 aliphatic rings. The van der Waals surface area contributed by atoms with E-state index in [0.717, 1.165) is 0 Å². The van der Waals surface area contributed by atoms with Crippen LogP contribution in [-0.2, 0) is 0 Å². The lowest BCUT2D eigenvalue weighted by molar-refractivity contribution is 0.859. The number of hydrogen-bond donors (Lipinski definition) is 0. The van der Waals surface area contributed by atoms with Gasteiger partial charge in [-0.2, -0.15) is 0 Å². The van der Waals surface area contributed by atoms with Crippen molar-refractivity contribution in [1.29, 1.82) is 0 Å². The maximum atomic E-state index is 2.32. The van der Waals surface area contributed by atoms with Crippen molar-refractivity contribution in [3.8, 4) is 0 Å². The molecule has 0 heteroatoms. The molecule has 0 bridgehead atoms. The normalized spacial score (nSPS) is 20.3. The Hall–Kier alpha value is -0.780. The van der Waals surface area contributed by atoms with Gasteiger partial charge in [0.2, 0.25) is 0 Å². The highest BCUT2D eigenvalue weighted by molar-refractivity contribution is 4.92. The molecule has 1 rings (SSSR count). The molecule has 0 aromatic carbocycles. The third-order valence-electron chi connectivity index (χ3n) is 2.24. The molecule has 0 nitrogen and oxygen atoms in total. The Morgan fingerprint density at radius 1 is 0.385 bits per heavy atom. The summed E-state index contributed by atoms with van der Waals surface area (Å²) in [6.07, 6.45) is 22.5. The predicted molar refractivity (Wildman–Crippen MR) is 59.7 cm³/mol. The van der Waals surface area contributed by atoms with Gasteiger partial charge in [0.1, 0.15) is 0 Å². The summed E-state index contributed by atoms with van der Waals surface area (Å²) in [5.74, 6) is 0. The standard InChI is InChI=1S/C13H20/c1-2-4-6-8-10-12-13-11-9-7-5-3-1/h1-2,7-10H,3-6,11-13H2. The molecule has 0 atom stereocenters. The van der Waals surface area contributed by atoms with Crippen molar-refractivity contribution in [2.75, 3.05) is 0 Å². The van der Waals surface area contributed by atoms with Crippen LogP contribution in [-0.4, -0.2) is 0 Å². The first kappa shape index (κ1) is 10.3. The quantitative estimate of drug-likeness (QED) is 0.480. The molecule has 0 spiro atoms. The summed E-state index contributed by atoms with van der Waals surface area (Å²) >= 11 is 0. The summed E-state index contributed by atoms with van der Waals surface area (Å²) in [5, 5.41) is 0. The Labute approximate surface area is 82.0 Å². The van der Waals surface area contributed by atoms with Gasteiger partial charge in [-0.15, -0.1) is 0 Å². The molecule has 0 aromatic rings. The largest absolute Gasteiger partial charge is 0.0885 e. The van der Waals surface area contributed by atoms with E-state index in [0.29, 0.717) is 0 Å². The number of rotatable bonds is 0. The molecule has 0 heterocycles. The average Bonchev–Trinajstić information content (AvgIpc) is 2.18. The van der Waals surface area contributed by atoms with Crippen LogP contribution in [0.5, 0.6) is 0 Å². The van der Waals surface area contributed by atoms with E-state index in [1.807, 2.05) is 0 Å². The minimum absolute atomic E-state index is 1.21. The van der Waals surface area contributed by atoms with Crippen LogP contribution >= 0.6 is 0 Å². The van der Waals surface area contributed by atoms with Crippen molar-refractivity contribution >= 4 is 0 Å². The van der Waals surface area contributed by atoms with E-state index in [1.165, 1.54) is 44.9 Å². The smallest absolute Gasteiger partial charge is 0.0316 e. The van der Waals surface area contributed by atoms with E-state index in [4.69, 9.17) is 0 Å². The summed E-state index contributed by atoms with van der Waals surface area (Å²) in [7, 11) is 0. The highest BCUT2D eigenvalue weighted by Gasteiger charge is 1.83. The molecule has 13 heavy (non-hydrogen) atoms. The molecule has 0 fully saturated rings. The van der Waals surface area contributed by atoms with Gasteiger partial charge in [0.05, 0.1) is 0 Å². The molecule has 0 aromatic heterocycles. The maximum absolute atomic E-state index is 2.32. The summed E-state index contributed by atoms with van der Waals surface area (Å²) in [6.45, 7) is 0. The Morgan fingerprint density at radius 2 is 0.692 bits per heavy atom. The van der Waals surface area contributed by atoms with Crippen LogP contribution in [0.1, 0.15) is 44.9 Å². The van der Waals surface area contributed by atoms with Crippen molar-refractivity contribution in [2.24, 2.45) is 0 Å². The van der Waals surface area contributed by atoms with Gasteiger partial charge in [-0.3, -0.25) is 0 Å². The minimum atomic E-state index is 1.21. The molecule has 0 aliphatic heterocycles. The molecule has 0 saturated carbocycles. The fourth-order valence-electron chi connectivity index (χ4n) is 1.45. The van der Waals surface area contributed by atoms with E-state index < -0.39 is 0 Å². The molecule has 0 N–H and O–H groups in total. The van der Waals surface area contributed by atoms with E-state index in [9.17, 15) is 0 Å². The van der Waals surface area contributed by atoms with Crippen molar-refractivity contribution in [2.45, 2.75) is 44.9 Å². The summed E-state index contributed by atoms with van der Waals surface area (Å²) < 4.78 is 0. The monoisotopic (exact) mass is 176 g/mol. The van der Waals surface area contributed by atoms with Crippen LogP contribution in [0.4, 0.5) is 0 Å². The van der Waals surface area contributed by atoms with Gasteiger partial charge >= 0.3 is 0 Å². The highest BCUT2D eigenvalue weighted by atomic mass is 13.9. The second-order valence-electron chi connectivity index (χ2n) is 3.50. The first-order chi connectivity index (χ1) is 6.50. The molecular formula is C13H20. The van der Waals surface area contributed by atoms with Crippen LogP contribution in [0.25, 0.3) is 0 Å². The van der Waals surface area contributed by atoms with Crippen LogP contribution in [0.3, 0.4) is 0 Å². The average molecular weight is 176 g/mol. The van der Waals surface area contributed by atoms with E-state index in [2.05, 4.69) is 36.5 Å². The van der Waals surface area contributed by atoms with Gasteiger partial charge in [0.25, 0.3) is 0 Å². The van der Waals surface area contributed by atoms with Gasteiger partial charge in [0, 0.05) is 0 Å². The van der Waals surface area contributed by atoms with E-state index in [1.54, 1.807) is 0 Å². The molecular weight excluding hydrogens is 156 g/mol. The van der Waals surface area contributed by atoms with Crippen molar-refractivity contribution in [1.82, 2.24) is 0 Å². The highest BCUT2D eigenvalue weighted by Crippen LogP contribution is 2.04. The third kappa shape index (κ3) is 6.39. The first-order valence-corrected chi connectivity index (χ1v) is 5.45. The molecule has 0 radical (unpaired) electrons. The zero-order valence-electron chi connectivity index (χ0n) is 8.41. The Morgan fingerprint density at radius 3 is 1.08 bits per heavy atom. The van der Waals surface area contributed by atoms with Crippen molar-refractivity contribution in [3.63, 3.8) is 0 Å². The molecule has 0 unspecified atom stereocenters. The van der Waals surface area contributed by atoms with Crippen LogP contribution in [0, 0.1) is 0 Å². The van der Waals surface area contributed by atoms with Crippen molar-refractivity contribution < 1.29 is 0 Å². The zero-order chi connectivity index (χ0) is 9.19. The Bertz CT molecular complexity index is 164. The fourth-order valence-corrected chi connectivity index (χ4v) is 1.45. The van der Waals surface area contributed by atoms with Crippen LogP contribution < -0.4 is 0 Å². The van der Waals surface area contributed by atoms with E-state index in [-0.39, 0.29) is 0 Å². The van der Waals surface area contributed by atoms with Crippen LogP contribution in [0.2, 0.25) is 0 Å². The lowest BCUT2D eigenvalue weighted by Gasteiger charge is -1.89. The SMILES string of the molecule is C1=CCCC=CCCCC=CCC1. The number of allylic oxidation sites excluding steroid dienone is 6. The lowest BCUT2D eigenvalue weighted by Crippen LogP contribution is -1.69. The molecule has 0 amide bonds. The Kier molecular flexibility index (Phi) is 6.22. The minimum Gasteiger partial charge on any atom is -0.0885 e. The maximum Gasteiger partial charge on any atom is -0.0316 e. The zero-order valence-corrected chi connectivity index (χ0v) is 8.41. The van der Waals surface area contributed by atoms with Gasteiger partial charge in [-0.25, -0.2) is 0 Å². The summed E-state index contributed by atoms with van der Waals surface area (Å²) in [4.78, 5) is 0. The Balaban J connectivity index is 2.27. The fraction of sp³-hybridized carbons (Fsp3) is 0.538. The van der Waals surface area contributed by atoms with Crippen LogP contribution in [0.15, 0.2) is 36.5 Å². The molecule has 0 saturated heterocycles. The second kappa shape index (κ2) is 7.85. The molecule has 1 aliphatic carbocycles. The second-order valence-corrected chi connectivity index (χ2v) is 3.50. The van der Waals surface area contributed by atoms with Gasteiger partial charge in [-0.1, -0.05) is 36.5 Å². The molecule has 72 valence electrons. The van der Waals surface area contributed by atoms with Gasteiger partial charge < -0.3 is 0 Å². The first-order valence-electron chi connectivity index (χ1n) is 5.45. The van der Waals surface area contributed by atoms with Gasteiger partial charge in [-0.05, 0) is 44.9 Å². The predicted octanol–water partition coefficient (Wildman–Crippen LogP) is 4.40.